The van der Waals surface area contributed by atoms with E-state index in [-0.39, 0.29) is 11.7 Å². The number of unbranched alkanes of at least 4 members (excludes halogenated alkanes) is 1. The first-order valence-electron chi connectivity index (χ1n) is 8.81. The lowest BCUT2D eigenvalue weighted by Gasteiger charge is -2.23. The summed E-state index contributed by atoms with van der Waals surface area (Å²) in [7, 11) is -3.54. The van der Waals surface area contributed by atoms with Crippen LogP contribution in [0.3, 0.4) is 0 Å². The van der Waals surface area contributed by atoms with Gasteiger partial charge in [-0.15, -0.1) is 11.8 Å². The van der Waals surface area contributed by atoms with Crippen molar-refractivity contribution in [2.45, 2.75) is 31.2 Å². The molecule has 0 N–H and O–H groups in total. The zero-order valence-electron chi connectivity index (χ0n) is 15.6. The summed E-state index contributed by atoms with van der Waals surface area (Å²) >= 11 is 1.53. The predicted molar refractivity (Wildman–Crippen MR) is 109 cm³/mol. The smallest absolute Gasteiger partial charge is 0.306 e. The summed E-state index contributed by atoms with van der Waals surface area (Å²) in [6, 6.07) is 16.7. The Morgan fingerprint density at radius 1 is 1.07 bits per heavy atom. The van der Waals surface area contributed by atoms with Crippen molar-refractivity contribution in [1.82, 2.24) is 4.90 Å². The standard InChI is InChI=1S/C20H25NO4S2/c1-3-4-14-21(20(22)16-26-19-8-6-5-7-9-19)15-17-10-12-18(13-11-17)25-27(2,23)24/h5-13H,3-4,14-16H2,1-2H3. The maximum atomic E-state index is 12.7. The highest BCUT2D eigenvalue weighted by Gasteiger charge is 2.14. The minimum absolute atomic E-state index is 0.0914. The molecule has 2 aromatic rings. The minimum Gasteiger partial charge on any atom is -0.383 e. The second-order valence-electron chi connectivity index (χ2n) is 6.20. The fourth-order valence-electron chi connectivity index (χ4n) is 2.44. The number of carbonyl (C=O) groups is 1. The van der Waals surface area contributed by atoms with Crippen molar-refractivity contribution in [2.24, 2.45) is 0 Å². The van der Waals surface area contributed by atoms with Crippen molar-refractivity contribution in [2.75, 3.05) is 18.6 Å². The number of carbonyl (C=O) groups excluding carboxylic acids is 1. The van der Waals surface area contributed by atoms with Crippen LogP contribution in [-0.4, -0.2) is 37.8 Å². The average molecular weight is 408 g/mol. The van der Waals surface area contributed by atoms with Gasteiger partial charge in [-0.3, -0.25) is 4.79 Å². The Kier molecular flexibility index (Phi) is 8.19. The molecule has 0 heterocycles. The second kappa shape index (κ2) is 10.4. The first kappa shape index (κ1) is 21.3. The highest BCUT2D eigenvalue weighted by atomic mass is 32.2. The number of hydrogen-bond donors (Lipinski definition) is 0. The molecule has 5 nitrogen and oxygen atoms in total. The zero-order chi connectivity index (χ0) is 19.7. The third-order valence-corrected chi connectivity index (χ3v) is 5.28. The van der Waals surface area contributed by atoms with Gasteiger partial charge in [-0.1, -0.05) is 43.7 Å². The molecule has 0 spiro atoms. The molecule has 0 fully saturated rings. The Bertz CT molecular complexity index is 821. The van der Waals surface area contributed by atoms with Gasteiger partial charge in [0.15, 0.2) is 0 Å². The van der Waals surface area contributed by atoms with Crippen LogP contribution in [-0.2, 0) is 21.5 Å². The van der Waals surface area contributed by atoms with Crippen molar-refractivity contribution in [3.63, 3.8) is 0 Å². The van der Waals surface area contributed by atoms with Crippen LogP contribution in [0.15, 0.2) is 59.5 Å². The molecule has 0 aliphatic heterocycles. The molecule has 0 bridgehead atoms. The van der Waals surface area contributed by atoms with Crippen LogP contribution in [0.2, 0.25) is 0 Å². The molecule has 1 amide bonds. The molecule has 0 radical (unpaired) electrons. The highest BCUT2D eigenvalue weighted by molar-refractivity contribution is 8.00. The first-order valence-corrected chi connectivity index (χ1v) is 11.6. The Morgan fingerprint density at radius 3 is 2.33 bits per heavy atom. The lowest BCUT2D eigenvalue weighted by molar-refractivity contribution is -0.129. The minimum atomic E-state index is -3.54. The van der Waals surface area contributed by atoms with Gasteiger partial charge in [0.05, 0.1) is 12.0 Å². The van der Waals surface area contributed by atoms with Gasteiger partial charge in [-0.2, -0.15) is 8.42 Å². The van der Waals surface area contributed by atoms with Gasteiger partial charge in [0.1, 0.15) is 5.75 Å². The van der Waals surface area contributed by atoms with E-state index in [4.69, 9.17) is 4.18 Å². The van der Waals surface area contributed by atoms with Gasteiger partial charge < -0.3 is 9.08 Å². The van der Waals surface area contributed by atoms with Gasteiger partial charge >= 0.3 is 10.1 Å². The number of nitrogens with zero attached hydrogens (tertiary/aromatic N) is 1. The lowest BCUT2D eigenvalue weighted by atomic mass is 10.2. The van der Waals surface area contributed by atoms with Crippen LogP contribution in [0, 0.1) is 0 Å². The lowest BCUT2D eigenvalue weighted by Crippen LogP contribution is -2.32. The molecule has 0 saturated carbocycles. The monoisotopic (exact) mass is 407 g/mol. The maximum Gasteiger partial charge on any atom is 0.306 e. The van der Waals surface area contributed by atoms with E-state index in [0.29, 0.717) is 18.8 Å². The Labute approximate surface area is 165 Å². The summed E-state index contributed by atoms with van der Waals surface area (Å²) in [6.45, 7) is 3.29. The molecular weight excluding hydrogens is 382 g/mol. The van der Waals surface area contributed by atoms with Crippen LogP contribution in [0.5, 0.6) is 5.75 Å². The molecule has 27 heavy (non-hydrogen) atoms. The molecular formula is C20H25NO4S2. The number of amides is 1. The van der Waals surface area contributed by atoms with E-state index >= 15 is 0 Å². The molecule has 146 valence electrons. The predicted octanol–water partition coefficient (Wildman–Crippen LogP) is 3.95. The zero-order valence-corrected chi connectivity index (χ0v) is 17.3. The SMILES string of the molecule is CCCCN(Cc1ccc(OS(C)(=O)=O)cc1)C(=O)CSc1ccccc1. The van der Waals surface area contributed by atoms with Gasteiger partial charge in [0.2, 0.25) is 5.91 Å². The molecule has 0 atom stereocenters. The normalized spacial score (nSPS) is 11.2. The number of rotatable bonds is 10. The number of benzene rings is 2. The Morgan fingerprint density at radius 2 is 1.74 bits per heavy atom. The molecule has 0 saturated heterocycles. The number of thioether (sulfide) groups is 1. The van der Waals surface area contributed by atoms with Crippen molar-refractivity contribution in [3.05, 3.63) is 60.2 Å². The Hall–Kier alpha value is -1.99. The number of hydrogen-bond acceptors (Lipinski definition) is 5. The summed E-state index contributed by atoms with van der Waals surface area (Å²) < 4.78 is 27.2. The van der Waals surface area contributed by atoms with E-state index in [1.54, 1.807) is 24.3 Å². The van der Waals surface area contributed by atoms with Crippen molar-refractivity contribution in [3.8, 4) is 5.75 Å². The van der Waals surface area contributed by atoms with Crippen LogP contribution in [0.4, 0.5) is 0 Å². The van der Waals surface area contributed by atoms with Gasteiger partial charge in [-0.25, -0.2) is 0 Å². The fourth-order valence-corrected chi connectivity index (χ4v) is 3.72. The van der Waals surface area contributed by atoms with Gasteiger partial charge in [0.25, 0.3) is 0 Å². The fraction of sp³-hybridized carbons (Fsp3) is 0.350. The summed E-state index contributed by atoms with van der Waals surface area (Å²) in [5, 5.41) is 0. The maximum absolute atomic E-state index is 12.7. The molecule has 0 unspecified atom stereocenters. The van der Waals surface area contributed by atoms with E-state index in [1.807, 2.05) is 35.2 Å². The Balaban J connectivity index is 1.99. The van der Waals surface area contributed by atoms with Crippen LogP contribution < -0.4 is 4.18 Å². The highest BCUT2D eigenvalue weighted by Crippen LogP contribution is 2.19. The summed E-state index contributed by atoms with van der Waals surface area (Å²) in [6.07, 6.45) is 2.96. The average Bonchev–Trinajstić information content (AvgIpc) is 2.64. The largest absolute Gasteiger partial charge is 0.383 e. The van der Waals surface area contributed by atoms with E-state index < -0.39 is 10.1 Å². The van der Waals surface area contributed by atoms with Crippen LogP contribution >= 0.6 is 11.8 Å². The third-order valence-electron chi connectivity index (χ3n) is 3.78. The molecule has 0 aliphatic rings. The van der Waals surface area contributed by atoms with Gasteiger partial charge in [0, 0.05) is 18.0 Å². The third kappa shape index (κ3) is 8.05. The van der Waals surface area contributed by atoms with E-state index in [9.17, 15) is 13.2 Å². The molecule has 2 rings (SSSR count). The van der Waals surface area contributed by atoms with Gasteiger partial charge in [-0.05, 0) is 36.2 Å². The quantitative estimate of drug-likeness (QED) is 0.441. The van der Waals surface area contributed by atoms with Crippen molar-refractivity contribution < 1.29 is 17.4 Å². The topological polar surface area (TPSA) is 63.7 Å². The van der Waals surface area contributed by atoms with Crippen molar-refractivity contribution in [1.29, 1.82) is 0 Å². The van der Waals surface area contributed by atoms with E-state index in [0.717, 1.165) is 29.6 Å². The molecule has 7 heteroatoms. The van der Waals surface area contributed by atoms with Crippen LogP contribution in [0.25, 0.3) is 0 Å². The summed E-state index contributed by atoms with van der Waals surface area (Å²) in [5.74, 6) is 0.754. The molecule has 2 aromatic carbocycles. The van der Waals surface area contributed by atoms with Crippen molar-refractivity contribution >= 4 is 27.8 Å². The first-order chi connectivity index (χ1) is 12.9. The molecule has 0 aromatic heterocycles. The van der Waals surface area contributed by atoms with E-state index in [1.165, 1.54) is 11.8 Å². The van der Waals surface area contributed by atoms with E-state index in [2.05, 4.69) is 6.92 Å². The van der Waals surface area contributed by atoms with Crippen LogP contribution in [0.1, 0.15) is 25.3 Å². The second-order valence-corrected chi connectivity index (χ2v) is 8.83. The summed E-state index contributed by atoms with van der Waals surface area (Å²) in [5.41, 5.74) is 0.935. The molecule has 0 aliphatic carbocycles. The summed E-state index contributed by atoms with van der Waals surface area (Å²) in [4.78, 5) is 15.6.